The normalized spacial score (nSPS) is 19.3. The maximum atomic E-state index is 5.71. The lowest BCUT2D eigenvalue weighted by atomic mass is 10.2. The molecule has 0 saturated carbocycles. The first-order chi connectivity index (χ1) is 10.1. The zero-order valence-electron chi connectivity index (χ0n) is 14.1. The molecule has 1 aliphatic rings. The van der Waals surface area contributed by atoms with Crippen LogP contribution in [-0.2, 0) is 22.1 Å². The Balaban J connectivity index is 2.28. The van der Waals surface area contributed by atoms with E-state index in [0.29, 0.717) is 0 Å². The summed E-state index contributed by atoms with van der Waals surface area (Å²) in [5.74, 6) is 0. The Kier molecular flexibility index (Phi) is 8.58. The molecular weight excluding hydrogens is 306 g/mol. The van der Waals surface area contributed by atoms with Gasteiger partial charge in [-0.2, -0.15) is 0 Å². The minimum atomic E-state index is -2.40. The molecule has 21 heavy (non-hydrogen) atoms. The van der Waals surface area contributed by atoms with Gasteiger partial charge < -0.3 is 22.1 Å². The molecule has 1 aliphatic heterocycles. The van der Waals surface area contributed by atoms with Gasteiger partial charge in [-0.05, 0) is 32.4 Å². The molecule has 0 aromatic carbocycles. The van der Waals surface area contributed by atoms with E-state index in [1.165, 1.54) is 6.42 Å². The van der Waals surface area contributed by atoms with Crippen molar-refractivity contribution in [3.05, 3.63) is 0 Å². The molecule has 0 aromatic heterocycles. The van der Waals surface area contributed by atoms with Crippen LogP contribution in [0.25, 0.3) is 0 Å². The quantitative estimate of drug-likeness (QED) is 0.424. The summed E-state index contributed by atoms with van der Waals surface area (Å²) >= 11 is 0. The Morgan fingerprint density at radius 2 is 1.52 bits per heavy atom. The zero-order valence-corrected chi connectivity index (χ0v) is 16.1. The van der Waals surface area contributed by atoms with Crippen LogP contribution < -0.4 is 0 Å². The lowest BCUT2D eigenvalue weighted by molar-refractivity contribution is 0.122. The molecule has 0 N–H and O–H groups in total. The van der Waals surface area contributed by atoms with E-state index in [-0.39, 0.29) is 0 Å². The van der Waals surface area contributed by atoms with Crippen LogP contribution in [0.15, 0.2) is 0 Å². The highest BCUT2D eigenvalue weighted by Crippen LogP contribution is 2.27. The van der Waals surface area contributed by atoms with Crippen molar-refractivity contribution < 1.29 is 22.1 Å². The highest BCUT2D eigenvalue weighted by Gasteiger charge is 2.46. The topological polar surface area (TPSA) is 49.4 Å². The highest BCUT2D eigenvalue weighted by molar-refractivity contribution is 6.65. The second kappa shape index (κ2) is 9.36. The van der Waals surface area contributed by atoms with Crippen LogP contribution in [-0.4, -0.2) is 70.7 Å². The predicted octanol–water partition coefficient (Wildman–Crippen LogP) is 1.97. The SMILES string of the molecule is CO[Si](CCCCCN1CCC[Si]1(OC)OC)(OC)OC. The summed E-state index contributed by atoms with van der Waals surface area (Å²) < 4.78 is 30.2. The summed E-state index contributed by atoms with van der Waals surface area (Å²) in [6.07, 6.45) is 4.52. The van der Waals surface area contributed by atoms with Gasteiger partial charge in [0.1, 0.15) is 0 Å². The largest absolute Gasteiger partial charge is 0.500 e. The van der Waals surface area contributed by atoms with Crippen molar-refractivity contribution in [3.8, 4) is 0 Å². The van der Waals surface area contributed by atoms with Crippen molar-refractivity contribution >= 4 is 17.5 Å². The Morgan fingerprint density at radius 3 is 2.05 bits per heavy atom. The van der Waals surface area contributed by atoms with Crippen LogP contribution in [0.3, 0.4) is 0 Å². The van der Waals surface area contributed by atoms with Gasteiger partial charge in [0.25, 0.3) is 0 Å². The monoisotopic (exact) mass is 337 g/mol. The number of hydrogen-bond acceptors (Lipinski definition) is 6. The lowest BCUT2D eigenvalue weighted by Gasteiger charge is -2.32. The molecule has 6 nitrogen and oxygen atoms in total. The van der Waals surface area contributed by atoms with Crippen LogP contribution in [0.4, 0.5) is 0 Å². The van der Waals surface area contributed by atoms with Gasteiger partial charge in [-0.25, -0.2) is 0 Å². The first-order valence-corrected chi connectivity index (χ1v) is 11.5. The fourth-order valence-electron chi connectivity index (χ4n) is 3.03. The Hall–Kier alpha value is 0.194. The average Bonchev–Trinajstić information content (AvgIpc) is 2.95. The molecule has 8 heteroatoms. The molecule has 0 aliphatic carbocycles. The molecule has 0 unspecified atom stereocenters. The van der Waals surface area contributed by atoms with E-state index in [2.05, 4.69) is 4.57 Å². The van der Waals surface area contributed by atoms with Crippen molar-refractivity contribution in [2.24, 2.45) is 0 Å². The molecule has 1 fully saturated rings. The molecule has 1 saturated heterocycles. The van der Waals surface area contributed by atoms with E-state index in [1.54, 1.807) is 35.5 Å². The van der Waals surface area contributed by atoms with E-state index >= 15 is 0 Å². The van der Waals surface area contributed by atoms with Crippen molar-refractivity contribution in [2.45, 2.75) is 37.8 Å². The lowest BCUT2D eigenvalue weighted by Crippen LogP contribution is -2.53. The van der Waals surface area contributed by atoms with Crippen molar-refractivity contribution in [2.75, 3.05) is 48.6 Å². The molecule has 1 rings (SSSR count). The molecule has 0 bridgehead atoms. The molecule has 0 aromatic rings. The average molecular weight is 338 g/mol. The predicted molar refractivity (Wildman–Crippen MR) is 86.2 cm³/mol. The van der Waals surface area contributed by atoms with Gasteiger partial charge in [-0.1, -0.05) is 6.42 Å². The fraction of sp³-hybridized carbons (Fsp3) is 1.00. The number of unbranched alkanes of at least 4 members (excludes halogenated alkanes) is 2. The summed E-state index contributed by atoms with van der Waals surface area (Å²) in [5.41, 5.74) is 0. The number of rotatable bonds is 11. The standard InChI is InChI=1S/C13H31NO5Si2/c1-15-20(16-2)12-9-11-14(20)10-7-6-8-13-21(17-3,18-4)19-5/h6-13H2,1-5H3. The summed E-state index contributed by atoms with van der Waals surface area (Å²) in [6.45, 7) is 2.15. The maximum Gasteiger partial charge on any atom is 0.500 e. The molecule has 0 spiro atoms. The van der Waals surface area contributed by atoms with Crippen LogP contribution in [0.1, 0.15) is 25.7 Å². The van der Waals surface area contributed by atoms with E-state index in [0.717, 1.165) is 44.4 Å². The van der Waals surface area contributed by atoms with E-state index in [9.17, 15) is 0 Å². The van der Waals surface area contributed by atoms with Gasteiger partial charge in [-0.3, -0.25) is 4.57 Å². The summed E-state index contributed by atoms with van der Waals surface area (Å²) in [7, 11) is 4.11. The zero-order chi connectivity index (χ0) is 15.8. The Morgan fingerprint density at radius 1 is 0.905 bits per heavy atom. The molecule has 0 atom stereocenters. The molecule has 0 radical (unpaired) electrons. The van der Waals surface area contributed by atoms with E-state index in [4.69, 9.17) is 22.1 Å². The number of hydrogen-bond donors (Lipinski definition) is 0. The maximum absolute atomic E-state index is 5.71. The minimum Gasteiger partial charge on any atom is -0.386 e. The van der Waals surface area contributed by atoms with E-state index in [1.807, 2.05) is 0 Å². The van der Waals surface area contributed by atoms with Crippen LogP contribution in [0.5, 0.6) is 0 Å². The fourth-order valence-corrected chi connectivity index (χ4v) is 7.83. The minimum absolute atomic E-state index is 0.869. The second-order valence-corrected chi connectivity index (χ2v) is 11.8. The summed E-state index contributed by atoms with van der Waals surface area (Å²) in [6, 6.07) is 1.95. The van der Waals surface area contributed by atoms with Gasteiger partial charge in [0.2, 0.25) is 0 Å². The van der Waals surface area contributed by atoms with Crippen LogP contribution >= 0.6 is 0 Å². The summed E-state index contributed by atoms with van der Waals surface area (Å²) in [5, 5.41) is 0. The van der Waals surface area contributed by atoms with Gasteiger partial charge in [0.15, 0.2) is 0 Å². The van der Waals surface area contributed by atoms with Gasteiger partial charge in [-0.15, -0.1) is 0 Å². The smallest absolute Gasteiger partial charge is 0.386 e. The highest BCUT2D eigenvalue weighted by atomic mass is 28.4. The second-order valence-electron chi connectivity index (χ2n) is 5.32. The van der Waals surface area contributed by atoms with Gasteiger partial charge in [0.05, 0.1) is 0 Å². The molecule has 126 valence electrons. The Labute approximate surface area is 131 Å². The summed E-state index contributed by atoms with van der Waals surface area (Å²) in [4.78, 5) is 0. The molecule has 0 amide bonds. The Bertz CT molecular complexity index is 279. The molecular formula is C13H31NO5Si2. The van der Waals surface area contributed by atoms with Crippen LogP contribution in [0, 0.1) is 0 Å². The van der Waals surface area contributed by atoms with Crippen molar-refractivity contribution in [3.63, 3.8) is 0 Å². The van der Waals surface area contributed by atoms with Crippen molar-refractivity contribution in [1.29, 1.82) is 0 Å². The van der Waals surface area contributed by atoms with Crippen molar-refractivity contribution in [1.82, 2.24) is 4.57 Å². The van der Waals surface area contributed by atoms with Gasteiger partial charge in [0, 0.05) is 47.6 Å². The van der Waals surface area contributed by atoms with Gasteiger partial charge >= 0.3 is 17.5 Å². The number of nitrogens with zero attached hydrogens (tertiary/aromatic N) is 1. The molecule has 1 heterocycles. The third-order valence-corrected chi connectivity index (χ3v) is 10.9. The first kappa shape index (κ1) is 19.2. The first-order valence-electron chi connectivity index (χ1n) is 7.63. The third-order valence-electron chi connectivity index (χ3n) is 4.38. The van der Waals surface area contributed by atoms with Crippen LogP contribution in [0.2, 0.25) is 12.1 Å². The third kappa shape index (κ3) is 4.83. The van der Waals surface area contributed by atoms with E-state index < -0.39 is 17.5 Å².